The molecule has 2 rings (SSSR count). The summed E-state index contributed by atoms with van der Waals surface area (Å²) in [6, 6.07) is 0. The third-order valence-electron chi connectivity index (χ3n) is 3.46. The van der Waals surface area contributed by atoms with Gasteiger partial charge >= 0.3 is 0 Å². The maximum Gasteiger partial charge on any atom is 0.150 e. The van der Waals surface area contributed by atoms with E-state index in [1.165, 1.54) is 18.5 Å². The summed E-state index contributed by atoms with van der Waals surface area (Å²) in [6.07, 6.45) is 4.56. The first-order valence-electron chi connectivity index (χ1n) is 6.14. The van der Waals surface area contributed by atoms with Gasteiger partial charge in [-0.25, -0.2) is 4.98 Å². The topological polar surface area (TPSA) is 29.9 Å². The highest BCUT2D eigenvalue weighted by Crippen LogP contribution is 2.29. The van der Waals surface area contributed by atoms with Crippen molar-refractivity contribution in [1.82, 2.24) is 14.9 Å². The van der Waals surface area contributed by atoms with Gasteiger partial charge in [0.25, 0.3) is 0 Å². The second-order valence-corrected chi connectivity index (χ2v) is 4.88. The van der Waals surface area contributed by atoms with E-state index in [1.54, 1.807) is 0 Å². The molecule has 1 atom stereocenters. The van der Waals surface area contributed by atoms with Gasteiger partial charge in [0.2, 0.25) is 0 Å². The summed E-state index contributed by atoms with van der Waals surface area (Å²) in [4.78, 5) is 4.44. The fourth-order valence-corrected chi connectivity index (χ4v) is 2.79. The van der Waals surface area contributed by atoms with Gasteiger partial charge in [-0.15, -0.1) is 0 Å². The van der Waals surface area contributed by atoms with Crippen LogP contribution in [0.4, 0.5) is 0 Å². The SMILES string of the molecule is CCc1nc(Cl)c2n1CCC(CCNC)C2. The van der Waals surface area contributed by atoms with E-state index in [2.05, 4.69) is 21.8 Å². The van der Waals surface area contributed by atoms with Gasteiger partial charge < -0.3 is 9.88 Å². The average Bonchev–Trinajstić information content (AvgIpc) is 2.63. The molecule has 1 aliphatic heterocycles. The Kier molecular flexibility index (Phi) is 3.87. The van der Waals surface area contributed by atoms with E-state index in [4.69, 9.17) is 11.6 Å². The van der Waals surface area contributed by atoms with Gasteiger partial charge in [-0.1, -0.05) is 18.5 Å². The number of nitrogens with zero attached hydrogens (tertiary/aromatic N) is 2. The van der Waals surface area contributed by atoms with E-state index < -0.39 is 0 Å². The molecule has 90 valence electrons. The lowest BCUT2D eigenvalue weighted by atomic mass is 9.93. The van der Waals surface area contributed by atoms with Crippen LogP contribution in [0.1, 0.15) is 31.3 Å². The number of fused-ring (bicyclic) bond motifs is 1. The summed E-state index contributed by atoms with van der Waals surface area (Å²) < 4.78 is 2.32. The standard InChI is InChI=1S/C12H20ClN3/c1-3-11-15-12(13)10-8-9(4-6-14-2)5-7-16(10)11/h9,14H,3-8H2,1-2H3. The molecule has 0 saturated heterocycles. The molecule has 1 N–H and O–H groups in total. The summed E-state index contributed by atoms with van der Waals surface area (Å²) in [5.41, 5.74) is 1.26. The number of halogens is 1. The van der Waals surface area contributed by atoms with Crippen LogP contribution < -0.4 is 5.32 Å². The maximum atomic E-state index is 6.19. The highest BCUT2D eigenvalue weighted by Gasteiger charge is 2.23. The largest absolute Gasteiger partial charge is 0.331 e. The molecule has 2 heterocycles. The van der Waals surface area contributed by atoms with E-state index in [9.17, 15) is 0 Å². The van der Waals surface area contributed by atoms with Crippen LogP contribution in [0.25, 0.3) is 0 Å². The normalized spacial score (nSPS) is 19.8. The first-order valence-corrected chi connectivity index (χ1v) is 6.52. The van der Waals surface area contributed by atoms with E-state index in [1.807, 2.05) is 7.05 Å². The summed E-state index contributed by atoms with van der Waals surface area (Å²) in [5, 5.41) is 3.94. The van der Waals surface area contributed by atoms with Gasteiger partial charge in [-0.05, 0) is 38.8 Å². The Labute approximate surface area is 102 Å². The second kappa shape index (κ2) is 5.19. The van der Waals surface area contributed by atoms with Crippen LogP contribution in [0.5, 0.6) is 0 Å². The van der Waals surface area contributed by atoms with Crippen molar-refractivity contribution in [3.8, 4) is 0 Å². The minimum atomic E-state index is 0.728. The number of nitrogens with one attached hydrogen (secondary N) is 1. The molecule has 1 aromatic heterocycles. The molecule has 16 heavy (non-hydrogen) atoms. The zero-order chi connectivity index (χ0) is 11.5. The molecule has 0 saturated carbocycles. The molecule has 0 spiro atoms. The van der Waals surface area contributed by atoms with Crippen molar-refractivity contribution in [3.63, 3.8) is 0 Å². The Hall–Kier alpha value is -0.540. The molecule has 0 aromatic carbocycles. The van der Waals surface area contributed by atoms with Crippen molar-refractivity contribution in [2.24, 2.45) is 5.92 Å². The van der Waals surface area contributed by atoms with Crippen LogP contribution in [-0.2, 0) is 19.4 Å². The van der Waals surface area contributed by atoms with Gasteiger partial charge in [0, 0.05) is 13.0 Å². The van der Waals surface area contributed by atoms with Crippen molar-refractivity contribution in [1.29, 1.82) is 0 Å². The summed E-state index contributed by atoms with van der Waals surface area (Å²) >= 11 is 6.19. The van der Waals surface area contributed by atoms with Crippen LogP contribution in [0, 0.1) is 5.92 Å². The van der Waals surface area contributed by atoms with Crippen molar-refractivity contribution in [3.05, 3.63) is 16.7 Å². The lowest BCUT2D eigenvalue weighted by Gasteiger charge is -2.25. The fourth-order valence-electron chi connectivity index (χ4n) is 2.52. The highest BCUT2D eigenvalue weighted by atomic mass is 35.5. The Bertz CT molecular complexity index is 359. The monoisotopic (exact) mass is 241 g/mol. The smallest absolute Gasteiger partial charge is 0.150 e. The molecule has 1 unspecified atom stereocenters. The average molecular weight is 242 g/mol. The minimum absolute atomic E-state index is 0.728. The van der Waals surface area contributed by atoms with Gasteiger partial charge in [-0.2, -0.15) is 0 Å². The first-order chi connectivity index (χ1) is 7.76. The Morgan fingerprint density at radius 2 is 2.38 bits per heavy atom. The number of hydrogen-bond acceptors (Lipinski definition) is 2. The van der Waals surface area contributed by atoms with Crippen LogP contribution in [0.3, 0.4) is 0 Å². The van der Waals surface area contributed by atoms with Crippen LogP contribution >= 0.6 is 11.6 Å². The zero-order valence-corrected chi connectivity index (χ0v) is 10.8. The van der Waals surface area contributed by atoms with E-state index in [0.717, 1.165) is 42.8 Å². The highest BCUT2D eigenvalue weighted by molar-refractivity contribution is 6.30. The molecule has 0 fully saturated rings. The lowest BCUT2D eigenvalue weighted by molar-refractivity contribution is 0.360. The molecule has 1 aliphatic rings. The van der Waals surface area contributed by atoms with E-state index in [0.29, 0.717) is 0 Å². The summed E-state index contributed by atoms with van der Waals surface area (Å²) in [7, 11) is 2.01. The summed E-state index contributed by atoms with van der Waals surface area (Å²) in [5.74, 6) is 1.91. The Morgan fingerprint density at radius 3 is 3.06 bits per heavy atom. The van der Waals surface area contributed by atoms with Gasteiger partial charge in [-0.3, -0.25) is 0 Å². The predicted molar refractivity (Wildman–Crippen MR) is 67.0 cm³/mol. The molecular weight excluding hydrogens is 222 g/mol. The van der Waals surface area contributed by atoms with Gasteiger partial charge in [0.15, 0.2) is 5.15 Å². The molecule has 0 radical (unpaired) electrons. The molecule has 0 aliphatic carbocycles. The molecule has 4 heteroatoms. The number of rotatable bonds is 4. The first kappa shape index (κ1) is 11.9. The molecule has 3 nitrogen and oxygen atoms in total. The second-order valence-electron chi connectivity index (χ2n) is 4.52. The van der Waals surface area contributed by atoms with Crippen LogP contribution in [0.2, 0.25) is 5.15 Å². The quantitative estimate of drug-likeness (QED) is 0.877. The van der Waals surface area contributed by atoms with E-state index >= 15 is 0 Å². The molecular formula is C12H20ClN3. The third-order valence-corrected chi connectivity index (χ3v) is 3.77. The maximum absolute atomic E-state index is 6.19. The number of imidazole rings is 1. The minimum Gasteiger partial charge on any atom is -0.331 e. The van der Waals surface area contributed by atoms with Crippen molar-refractivity contribution in [2.45, 2.75) is 39.2 Å². The van der Waals surface area contributed by atoms with Gasteiger partial charge in [0.1, 0.15) is 5.82 Å². The molecule has 0 bridgehead atoms. The Balaban J connectivity index is 2.11. The summed E-state index contributed by atoms with van der Waals surface area (Å²) in [6.45, 7) is 4.32. The van der Waals surface area contributed by atoms with Crippen molar-refractivity contribution >= 4 is 11.6 Å². The molecule has 0 amide bonds. The molecule has 1 aromatic rings. The number of hydrogen-bond donors (Lipinski definition) is 1. The predicted octanol–water partition coefficient (Wildman–Crippen LogP) is 2.27. The van der Waals surface area contributed by atoms with E-state index in [-0.39, 0.29) is 0 Å². The van der Waals surface area contributed by atoms with Gasteiger partial charge in [0.05, 0.1) is 5.69 Å². The Morgan fingerprint density at radius 1 is 1.56 bits per heavy atom. The van der Waals surface area contributed by atoms with Crippen LogP contribution in [-0.4, -0.2) is 23.1 Å². The number of aryl methyl sites for hydroxylation is 1. The lowest BCUT2D eigenvalue weighted by Crippen LogP contribution is -2.23. The van der Waals surface area contributed by atoms with Crippen LogP contribution in [0.15, 0.2) is 0 Å². The third kappa shape index (κ3) is 2.25. The fraction of sp³-hybridized carbons (Fsp3) is 0.750. The number of aromatic nitrogens is 2. The zero-order valence-electron chi connectivity index (χ0n) is 10.1. The van der Waals surface area contributed by atoms with Crippen molar-refractivity contribution < 1.29 is 0 Å². The van der Waals surface area contributed by atoms with Crippen molar-refractivity contribution in [2.75, 3.05) is 13.6 Å².